The van der Waals surface area contributed by atoms with E-state index < -0.39 is 0 Å². The predicted octanol–water partition coefficient (Wildman–Crippen LogP) is 2.73. The topological polar surface area (TPSA) is 23.6 Å². The average Bonchev–Trinajstić information content (AvgIpc) is 2.38. The molecule has 0 unspecified atom stereocenters. The van der Waals surface area contributed by atoms with Gasteiger partial charge in [0, 0.05) is 43.0 Å². The van der Waals surface area contributed by atoms with Crippen LogP contribution in [0.1, 0.15) is 36.7 Å². The number of hydrogen-bond donors (Lipinski definition) is 0. The first-order valence-corrected chi connectivity index (χ1v) is 6.97. The van der Waals surface area contributed by atoms with Gasteiger partial charge in [-0.25, -0.2) is 0 Å². The van der Waals surface area contributed by atoms with Gasteiger partial charge in [-0.2, -0.15) is 0 Å². The molecule has 0 spiro atoms. The second kappa shape index (κ2) is 5.33. The molecule has 0 bridgehead atoms. The number of carbonyl (C=O) groups is 1. The highest BCUT2D eigenvalue weighted by Crippen LogP contribution is 2.22. The molecule has 3 heteroatoms. The molecule has 1 heterocycles. The van der Waals surface area contributed by atoms with Crippen LogP contribution in [0.15, 0.2) is 18.2 Å². The van der Waals surface area contributed by atoms with E-state index in [-0.39, 0.29) is 5.54 Å². The summed E-state index contributed by atoms with van der Waals surface area (Å²) in [7, 11) is 0. The minimum absolute atomic E-state index is 0.253. The van der Waals surface area contributed by atoms with Gasteiger partial charge < -0.3 is 4.90 Å². The number of aldehydes is 1. The molecule has 1 aliphatic heterocycles. The summed E-state index contributed by atoms with van der Waals surface area (Å²) in [5, 5.41) is 0. The molecular formula is C16H24N2O. The Morgan fingerprint density at radius 3 is 2.21 bits per heavy atom. The van der Waals surface area contributed by atoms with Crippen LogP contribution in [0.5, 0.6) is 0 Å². The lowest BCUT2D eigenvalue weighted by molar-refractivity contribution is 0.112. The maximum Gasteiger partial charge on any atom is 0.150 e. The Morgan fingerprint density at radius 2 is 1.74 bits per heavy atom. The van der Waals surface area contributed by atoms with Gasteiger partial charge in [-0.15, -0.1) is 0 Å². The minimum Gasteiger partial charge on any atom is -0.369 e. The Bertz CT molecular complexity index is 454. The molecule has 0 atom stereocenters. The van der Waals surface area contributed by atoms with Crippen LogP contribution in [0.3, 0.4) is 0 Å². The van der Waals surface area contributed by atoms with Crippen molar-refractivity contribution in [2.45, 2.75) is 33.2 Å². The van der Waals surface area contributed by atoms with Gasteiger partial charge in [0.25, 0.3) is 0 Å². The van der Waals surface area contributed by atoms with E-state index in [2.05, 4.69) is 42.7 Å². The van der Waals surface area contributed by atoms with Gasteiger partial charge in [0.05, 0.1) is 0 Å². The van der Waals surface area contributed by atoms with E-state index in [1.54, 1.807) is 0 Å². The maximum atomic E-state index is 10.8. The number of anilines is 1. The molecule has 0 amide bonds. The third kappa shape index (κ3) is 3.16. The molecule has 2 rings (SSSR count). The Kier molecular flexibility index (Phi) is 3.95. The summed E-state index contributed by atoms with van der Waals surface area (Å²) in [6.45, 7) is 13.1. The number of carbonyl (C=O) groups excluding carboxylic acids is 1. The van der Waals surface area contributed by atoms with Crippen LogP contribution in [0.2, 0.25) is 0 Å². The predicted molar refractivity (Wildman–Crippen MR) is 80.1 cm³/mol. The molecule has 0 N–H and O–H groups in total. The summed E-state index contributed by atoms with van der Waals surface area (Å²) in [4.78, 5) is 15.8. The molecule has 0 aromatic heterocycles. The molecule has 19 heavy (non-hydrogen) atoms. The van der Waals surface area contributed by atoms with Gasteiger partial charge in [0.2, 0.25) is 0 Å². The molecule has 1 fully saturated rings. The fraction of sp³-hybridized carbons (Fsp3) is 0.562. The van der Waals surface area contributed by atoms with Crippen molar-refractivity contribution in [3.63, 3.8) is 0 Å². The summed E-state index contributed by atoms with van der Waals surface area (Å²) in [5.74, 6) is 0. The molecule has 1 aromatic rings. The smallest absolute Gasteiger partial charge is 0.150 e. The lowest BCUT2D eigenvalue weighted by atomic mass is 10.0. The van der Waals surface area contributed by atoms with Crippen molar-refractivity contribution in [3.8, 4) is 0 Å². The van der Waals surface area contributed by atoms with Crippen molar-refractivity contribution < 1.29 is 4.79 Å². The largest absolute Gasteiger partial charge is 0.369 e. The average molecular weight is 260 g/mol. The lowest BCUT2D eigenvalue weighted by Gasteiger charge is -2.43. The zero-order valence-corrected chi connectivity index (χ0v) is 12.4. The minimum atomic E-state index is 0.253. The Hall–Kier alpha value is -1.35. The van der Waals surface area contributed by atoms with Crippen LogP contribution < -0.4 is 4.90 Å². The molecule has 0 saturated carbocycles. The van der Waals surface area contributed by atoms with E-state index in [4.69, 9.17) is 0 Å². The monoisotopic (exact) mass is 260 g/mol. The standard InChI is InChI=1S/C16H24N2O/c1-13-11-15(6-5-14(13)12-19)17-7-9-18(10-8-17)16(2,3)4/h5-6,11-12H,7-10H2,1-4H3. The number of nitrogens with zero attached hydrogens (tertiary/aromatic N) is 2. The van der Waals surface area contributed by atoms with Crippen LogP contribution >= 0.6 is 0 Å². The number of piperazine rings is 1. The second-order valence-corrected chi connectivity index (χ2v) is 6.30. The molecule has 3 nitrogen and oxygen atoms in total. The van der Waals surface area contributed by atoms with Crippen molar-refractivity contribution in [3.05, 3.63) is 29.3 Å². The van der Waals surface area contributed by atoms with E-state index in [1.165, 1.54) is 5.69 Å². The first-order valence-electron chi connectivity index (χ1n) is 6.97. The van der Waals surface area contributed by atoms with Gasteiger partial charge in [0.1, 0.15) is 6.29 Å². The zero-order valence-electron chi connectivity index (χ0n) is 12.4. The van der Waals surface area contributed by atoms with Crippen molar-refractivity contribution in [1.82, 2.24) is 4.90 Å². The Labute approximate surface area is 116 Å². The van der Waals surface area contributed by atoms with E-state index in [0.29, 0.717) is 0 Å². The van der Waals surface area contributed by atoms with E-state index >= 15 is 0 Å². The number of aryl methyl sites for hydroxylation is 1. The molecule has 1 aromatic carbocycles. The highest BCUT2D eigenvalue weighted by molar-refractivity contribution is 5.78. The second-order valence-electron chi connectivity index (χ2n) is 6.30. The van der Waals surface area contributed by atoms with Crippen LogP contribution in [0.25, 0.3) is 0 Å². The highest BCUT2D eigenvalue weighted by atomic mass is 16.1. The van der Waals surface area contributed by atoms with Crippen LogP contribution in [-0.2, 0) is 0 Å². The molecule has 104 valence electrons. The molecule has 0 radical (unpaired) electrons. The first-order chi connectivity index (χ1) is 8.91. The number of benzene rings is 1. The third-order valence-corrected chi connectivity index (χ3v) is 3.97. The summed E-state index contributed by atoms with van der Waals surface area (Å²) in [6, 6.07) is 6.10. The Balaban J connectivity index is 2.06. The van der Waals surface area contributed by atoms with Crippen LogP contribution in [-0.4, -0.2) is 42.9 Å². The summed E-state index contributed by atoms with van der Waals surface area (Å²) in [6.07, 6.45) is 0.927. The van der Waals surface area contributed by atoms with E-state index in [1.807, 2.05) is 13.0 Å². The highest BCUT2D eigenvalue weighted by Gasteiger charge is 2.25. The fourth-order valence-electron chi connectivity index (χ4n) is 2.62. The van der Waals surface area contributed by atoms with Gasteiger partial charge in [-0.3, -0.25) is 9.69 Å². The van der Waals surface area contributed by atoms with Gasteiger partial charge in [0.15, 0.2) is 0 Å². The maximum absolute atomic E-state index is 10.8. The SMILES string of the molecule is Cc1cc(N2CCN(C(C)(C)C)CC2)ccc1C=O. The third-order valence-electron chi connectivity index (χ3n) is 3.97. The lowest BCUT2D eigenvalue weighted by Crippen LogP contribution is -2.53. The zero-order chi connectivity index (χ0) is 14.0. The van der Waals surface area contributed by atoms with E-state index in [0.717, 1.165) is 43.6 Å². The van der Waals surface area contributed by atoms with Crippen LogP contribution in [0.4, 0.5) is 5.69 Å². The number of rotatable bonds is 2. The van der Waals surface area contributed by atoms with Crippen LogP contribution in [0, 0.1) is 6.92 Å². The van der Waals surface area contributed by atoms with Gasteiger partial charge in [-0.1, -0.05) is 0 Å². The summed E-state index contributed by atoms with van der Waals surface area (Å²) < 4.78 is 0. The van der Waals surface area contributed by atoms with Crippen molar-refractivity contribution in [2.24, 2.45) is 0 Å². The molecular weight excluding hydrogens is 236 g/mol. The molecule has 0 aliphatic carbocycles. The first kappa shape index (κ1) is 14.1. The van der Waals surface area contributed by atoms with Crippen molar-refractivity contribution in [1.29, 1.82) is 0 Å². The molecule has 1 saturated heterocycles. The summed E-state index contributed by atoms with van der Waals surface area (Å²) >= 11 is 0. The normalized spacial score (nSPS) is 17.6. The van der Waals surface area contributed by atoms with Gasteiger partial charge in [-0.05, 0) is 51.5 Å². The van der Waals surface area contributed by atoms with E-state index in [9.17, 15) is 4.79 Å². The molecule has 1 aliphatic rings. The van der Waals surface area contributed by atoms with Gasteiger partial charge >= 0.3 is 0 Å². The summed E-state index contributed by atoms with van der Waals surface area (Å²) in [5.41, 5.74) is 3.34. The quantitative estimate of drug-likeness (QED) is 0.764. The number of hydrogen-bond acceptors (Lipinski definition) is 3. The Morgan fingerprint density at radius 1 is 1.11 bits per heavy atom. The van der Waals surface area contributed by atoms with Crippen molar-refractivity contribution in [2.75, 3.05) is 31.1 Å². The fourth-order valence-corrected chi connectivity index (χ4v) is 2.62. The van der Waals surface area contributed by atoms with Crippen molar-refractivity contribution >= 4 is 12.0 Å².